The van der Waals surface area contributed by atoms with E-state index in [0.717, 1.165) is 81.5 Å². The first-order chi connectivity index (χ1) is 17.8. The van der Waals surface area contributed by atoms with Crippen molar-refractivity contribution in [2.45, 2.75) is 53.6 Å². The van der Waals surface area contributed by atoms with Crippen LogP contribution in [0.5, 0.6) is 0 Å². The van der Waals surface area contributed by atoms with E-state index in [1.54, 1.807) is 6.20 Å². The molecule has 0 radical (unpaired) electrons. The fourth-order valence-electron chi connectivity index (χ4n) is 5.20. The zero-order valence-electron chi connectivity index (χ0n) is 22.6. The average molecular weight is 569 g/mol. The Kier molecular flexibility index (Phi) is 8.44. The number of nitrogens with zero attached hydrogens (tertiary/aromatic N) is 3. The molecule has 1 aliphatic heterocycles. The zero-order valence-corrected chi connectivity index (χ0v) is 24.2. The molecule has 1 aromatic carbocycles. The summed E-state index contributed by atoms with van der Waals surface area (Å²) in [5, 5.41) is 13.5. The smallest absolute Gasteiger partial charge is 0.238 e. The Morgan fingerprint density at radius 2 is 1.89 bits per heavy atom. The molecule has 0 saturated heterocycles. The summed E-state index contributed by atoms with van der Waals surface area (Å²) >= 11 is 3.58. The molecule has 0 aliphatic carbocycles. The molecule has 3 heterocycles. The van der Waals surface area contributed by atoms with Crippen molar-refractivity contribution in [3.8, 4) is 5.69 Å². The van der Waals surface area contributed by atoms with Crippen molar-refractivity contribution in [1.82, 2.24) is 14.5 Å². The number of aryl methyl sites for hydroxylation is 1. The van der Waals surface area contributed by atoms with Gasteiger partial charge in [0.15, 0.2) is 5.82 Å². The molecule has 1 atom stereocenters. The Balaban J connectivity index is 1.59. The van der Waals surface area contributed by atoms with Gasteiger partial charge in [-0.15, -0.1) is 0 Å². The molecule has 4 rings (SSSR count). The van der Waals surface area contributed by atoms with E-state index in [9.17, 15) is 4.79 Å². The van der Waals surface area contributed by atoms with Crippen LogP contribution < -0.4 is 21.3 Å². The fraction of sp³-hybridized carbons (Fsp3) is 0.429. The van der Waals surface area contributed by atoms with E-state index in [1.165, 1.54) is 0 Å². The van der Waals surface area contributed by atoms with Crippen molar-refractivity contribution >= 4 is 44.7 Å². The number of halogens is 1. The van der Waals surface area contributed by atoms with Gasteiger partial charge in [-0.2, -0.15) is 0 Å². The molecule has 198 valence electrons. The summed E-state index contributed by atoms with van der Waals surface area (Å²) in [5.41, 5.74) is 8.28. The van der Waals surface area contributed by atoms with E-state index < -0.39 is 0 Å². The van der Waals surface area contributed by atoms with Crippen LogP contribution in [0.4, 0.5) is 22.9 Å². The number of rotatable bonds is 10. The lowest BCUT2D eigenvalue weighted by atomic mass is 10.1. The van der Waals surface area contributed by atoms with Crippen molar-refractivity contribution in [3.05, 3.63) is 57.4 Å². The van der Waals surface area contributed by atoms with Gasteiger partial charge in [0.05, 0.1) is 22.4 Å². The van der Waals surface area contributed by atoms with E-state index in [0.29, 0.717) is 6.54 Å². The van der Waals surface area contributed by atoms with Crippen molar-refractivity contribution in [2.75, 3.05) is 47.9 Å². The number of anilines is 4. The maximum Gasteiger partial charge on any atom is 0.238 e. The lowest BCUT2D eigenvalue weighted by Crippen LogP contribution is -2.34. The highest BCUT2D eigenvalue weighted by Gasteiger charge is 2.29. The molecule has 9 heteroatoms. The normalized spacial score (nSPS) is 14.3. The van der Waals surface area contributed by atoms with Crippen LogP contribution in [-0.2, 0) is 4.79 Å². The highest BCUT2D eigenvalue weighted by atomic mass is 79.9. The van der Waals surface area contributed by atoms with Crippen LogP contribution in [0.3, 0.4) is 0 Å². The van der Waals surface area contributed by atoms with Crippen LogP contribution >= 0.6 is 15.9 Å². The Bertz CT molecular complexity index is 1280. The molecule has 1 unspecified atom stereocenters. The number of carbonyl (C=O) groups is 1. The highest BCUT2D eigenvalue weighted by molar-refractivity contribution is 9.10. The lowest BCUT2D eigenvalue weighted by molar-refractivity contribution is -0.117. The third-order valence-corrected chi connectivity index (χ3v) is 7.50. The van der Waals surface area contributed by atoms with Gasteiger partial charge in [-0.05, 0) is 86.4 Å². The molecular formula is C28H38BrN7O. The number of aromatic nitrogens is 2. The highest BCUT2D eigenvalue weighted by Crippen LogP contribution is 2.43. The van der Waals surface area contributed by atoms with Gasteiger partial charge in [-0.1, -0.05) is 19.9 Å². The summed E-state index contributed by atoms with van der Waals surface area (Å²) in [5.74, 6) is 0.850. The van der Waals surface area contributed by atoms with Crippen molar-refractivity contribution < 1.29 is 4.79 Å². The topological polar surface area (TPSA) is 86.2 Å². The molecule has 4 N–H and O–H groups in total. The first-order valence-corrected chi connectivity index (χ1v) is 13.8. The van der Waals surface area contributed by atoms with Gasteiger partial charge >= 0.3 is 0 Å². The summed E-state index contributed by atoms with van der Waals surface area (Å²) in [7, 11) is 1.90. The van der Waals surface area contributed by atoms with E-state index >= 15 is 0 Å². The van der Waals surface area contributed by atoms with Crippen LogP contribution in [0.1, 0.15) is 55.4 Å². The third kappa shape index (κ3) is 5.48. The molecule has 37 heavy (non-hydrogen) atoms. The predicted molar refractivity (Wildman–Crippen MR) is 157 cm³/mol. The Hall–Kier alpha value is -3.04. The first kappa shape index (κ1) is 27.0. The Morgan fingerprint density at radius 3 is 2.57 bits per heavy atom. The van der Waals surface area contributed by atoms with Gasteiger partial charge < -0.3 is 25.8 Å². The Labute approximate surface area is 228 Å². The molecule has 0 fully saturated rings. The number of nitrogens with one attached hydrogen (secondary N) is 4. The van der Waals surface area contributed by atoms with E-state index in [2.05, 4.69) is 98.4 Å². The van der Waals surface area contributed by atoms with Gasteiger partial charge in [0.25, 0.3) is 0 Å². The number of benzene rings is 1. The summed E-state index contributed by atoms with van der Waals surface area (Å²) in [4.78, 5) is 19.6. The molecule has 3 aromatic rings. The van der Waals surface area contributed by atoms with Crippen LogP contribution in [0, 0.1) is 20.8 Å². The summed E-state index contributed by atoms with van der Waals surface area (Å²) < 4.78 is 3.17. The molecule has 0 saturated carbocycles. The fourth-order valence-corrected chi connectivity index (χ4v) is 5.70. The molecule has 8 nitrogen and oxygen atoms in total. The van der Waals surface area contributed by atoms with Crippen LogP contribution in [0.2, 0.25) is 0 Å². The zero-order chi connectivity index (χ0) is 26.7. The molecule has 1 amide bonds. The standard InChI is InChI=1S/C28H38BrN7O/c1-7-12-35(13-8-2)16-24(37)32-22-10-9-11-23(18(22)4)36-17(3)14-20(19(36)5)27-33-26-25(30-6)21(29)15-31-28(26)34-27/h9-11,14-15,27,33H,7-8,12-13,16H2,1-6H3,(H,32,37)(H2,30,31,34). The van der Waals surface area contributed by atoms with Gasteiger partial charge in [0.2, 0.25) is 5.91 Å². The van der Waals surface area contributed by atoms with E-state index in [1.807, 2.05) is 19.2 Å². The van der Waals surface area contributed by atoms with Gasteiger partial charge in [0.1, 0.15) is 11.9 Å². The number of hydrogen-bond acceptors (Lipinski definition) is 6. The second-order valence-electron chi connectivity index (χ2n) is 9.61. The molecule has 2 aromatic heterocycles. The molecule has 0 bridgehead atoms. The lowest BCUT2D eigenvalue weighted by Gasteiger charge is -2.21. The van der Waals surface area contributed by atoms with Crippen molar-refractivity contribution in [1.29, 1.82) is 0 Å². The third-order valence-electron chi connectivity index (χ3n) is 6.90. The largest absolute Gasteiger partial charge is 0.385 e. The quantitative estimate of drug-likeness (QED) is 0.233. The maximum atomic E-state index is 12.9. The minimum Gasteiger partial charge on any atom is -0.385 e. The number of carbonyl (C=O) groups excluding carboxylic acids is 1. The number of fused-ring (bicyclic) bond motifs is 1. The number of hydrogen-bond donors (Lipinski definition) is 4. The summed E-state index contributed by atoms with van der Waals surface area (Å²) in [6.07, 6.45) is 3.78. The van der Waals surface area contributed by atoms with Gasteiger partial charge in [-0.3, -0.25) is 9.69 Å². The average Bonchev–Trinajstić information content (AvgIpc) is 3.41. The van der Waals surface area contributed by atoms with E-state index in [4.69, 9.17) is 0 Å². The maximum absolute atomic E-state index is 12.9. The molecular weight excluding hydrogens is 530 g/mol. The number of pyridine rings is 1. The van der Waals surface area contributed by atoms with Crippen LogP contribution in [-0.4, -0.2) is 47.0 Å². The Morgan fingerprint density at radius 1 is 1.16 bits per heavy atom. The minimum absolute atomic E-state index is 0.0277. The molecule has 0 spiro atoms. The van der Waals surface area contributed by atoms with E-state index in [-0.39, 0.29) is 12.1 Å². The second-order valence-corrected chi connectivity index (χ2v) is 10.5. The monoisotopic (exact) mass is 567 g/mol. The predicted octanol–water partition coefficient (Wildman–Crippen LogP) is 6.20. The van der Waals surface area contributed by atoms with Crippen molar-refractivity contribution in [3.63, 3.8) is 0 Å². The summed E-state index contributed by atoms with van der Waals surface area (Å²) in [6, 6.07) is 8.31. The first-order valence-electron chi connectivity index (χ1n) is 13.0. The summed E-state index contributed by atoms with van der Waals surface area (Å²) in [6.45, 7) is 12.9. The van der Waals surface area contributed by atoms with Gasteiger partial charge in [-0.25, -0.2) is 4.98 Å². The van der Waals surface area contributed by atoms with Crippen LogP contribution in [0.25, 0.3) is 5.69 Å². The second kappa shape index (κ2) is 11.6. The minimum atomic E-state index is -0.102. The van der Waals surface area contributed by atoms with Crippen LogP contribution in [0.15, 0.2) is 34.9 Å². The molecule has 1 aliphatic rings. The number of amides is 1. The van der Waals surface area contributed by atoms with Gasteiger partial charge in [0, 0.05) is 35.9 Å². The van der Waals surface area contributed by atoms with Crippen molar-refractivity contribution in [2.24, 2.45) is 0 Å². The SMILES string of the molecule is CCCN(CCC)CC(=O)Nc1cccc(-n2c(C)cc(C3Nc4ncc(Br)c(NC)c4N3)c2C)c1C.